The molecule has 0 spiro atoms. The molecule has 6 aromatic rings. The van der Waals surface area contributed by atoms with Crippen LogP contribution in [0.25, 0.3) is 0 Å². The van der Waals surface area contributed by atoms with Crippen LogP contribution in [-0.2, 0) is 61.3 Å². The molecule has 0 saturated carbocycles. The SMILES string of the molecule is CCOc1ccc(Cc2cc([C@@H]3O[C@H](COCc4ccccc4)[C@@H](OCc4ccccc4)[C@H](OCc4ccccc4)[C@H]3OCc3ccccc3)c(OCCCC3(F)COC3)cc2Cl)cc1. The predicted molar refractivity (Wildman–Crippen MR) is 250 cm³/mol. The first-order valence-electron chi connectivity index (χ1n) is 22.6. The lowest BCUT2D eigenvalue weighted by molar-refractivity contribution is -0.275. The monoisotopic (exact) mass is 900 g/mol. The zero-order valence-corrected chi connectivity index (χ0v) is 37.7. The molecule has 2 aliphatic rings. The first kappa shape index (κ1) is 46.4. The van der Waals surface area contributed by atoms with Gasteiger partial charge in [0.05, 0.1) is 59.5 Å². The lowest BCUT2D eigenvalue weighted by Crippen LogP contribution is -2.58. The molecule has 6 aromatic carbocycles. The average molecular weight is 902 g/mol. The molecule has 0 unspecified atom stereocenters. The van der Waals surface area contributed by atoms with E-state index in [0.29, 0.717) is 56.5 Å². The van der Waals surface area contributed by atoms with E-state index in [0.717, 1.165) is 44.7 Å². The third-order valence-corrected chi connectivity index (χ3v) is 12.1. The molecule has 8 nitrogen and oxygen atoms in total. The van der Waals surface area contributed by atoms with Gasteiger partial charge < -0.3 is 37.9 Å². The van der Waals surface area contributed by atoms with Crippen molar-refractivity contribution in [2.75, 3.05) is 33.0 Å². The molecule has 2 saturated heterocycles. The maximum Gasteiger partial charge on any atom is 0.157 e. The van der Waals surface area contributed by atoms with Crippen molar-refractivity contribution in [2.45, 2.75) is 88.8 Å². The van der Waals surface area contributed by atoms with Crippen molar-refractivity contribution in [3.63, 3.8) is 0 Å². The van der Waals surface area contributed by atoms with Crippen molar-refractivity contribution >= 4 is 11.6 Å². The number of benzene rings is 6. The van der Waals surface area contributed by atoms with Gasteiger partial charge in [-0.05, 0) is 83.8 Å². The fraction of sp³-hybridized carbons (Fsp3) is 0.345. The summed E-state index contributed by atoms with van der Waals surface area (Å²) >= 11 is 7.17. The van der Waals surface area contributed by atoms with Crippen molar-refractivity contribution < 1.29 is 42.3 Å². The summed E-state index contributed by atoms with van der Waals surface area (Å²) in [6.45, 7) is 4.48. The largest absolute Gasteiger partial charge is 0.494 e. The van der Waals surface area contributed by atoms with Gasteiger partial charge in [-0.1, -0.05) is 145 Å². The third kappa shape index (κ3) is 13.0. The number of alkyl halides is 1. The summed E-state index contributed by atoms with van der Waals surface area (Å²) in [5.41, 5.74) is 5.38. The Labute approximate surface area is 387 Å². The summed E-state index contributed by atoms with van der Waals surface area (Å²) in [6, 6.07) is 52.3. The first-order valence-corrected chi connectivity index (χ1v) is 23.0. The Morgan fingerprint density at radius 1 is 0.615 bits per heavy atom. The van der Waals surface area contributed by atoms with E-state index < -0.39 is 36.2 Å². The fourth-order valence-corrected chi connectivity index (χ4v) is 8.49. The Morgan fingerprint density at radius 3 is 1.69 bits per heavy atom. The summed E-state index contributed by atoms with van der Waals surface area (Å²) in [5.74, 6) is 1.33. The number of hydrogen-bond acceptors (Lipinski definition) is 8. The zero-order valence-electron chi connectivity index (χ0n) is 36.9. The molecule has 2 heterocycles. The smallest absolute Gasteiger partial charge is 0.157 e. The van der Waals surface area contributed by atoms with Crippen LogP contribution in [0.15, 0.2) is 158 Å². The molecule has 340 valence electrons. The Hall–Kier alpha value is -5.10. The molecule has 8 rings (SSSR count). The summed E-state index contributed by atoms with van der Waals surface area (Å²) in [5, 5.41) is 0.535. The second-order valence-corrected chi connectivity index (χ2v) is 17.1. The van der Waals surface area contributed by atoms with Gasteiger partial charge in [-0.3, -0.25) is 0 Å². The van der Waals surface area contributed by atoms with E-state index in [-0.39, 0.29) is 33.0 Å². The van der Waals surface area contributed by atoms with Gasteiger partial charge in [0, 0.05) is 10.6 Å². The molecule has 2 aliphatic heterocycles. The van der Waals surface area contributed by atoms with E-state index in [1.807, 2.05) is 159 Å². The minimum absolute atomic E-state index is 0.103. The van der Waals surface area contributed by atoms with Gasteiger partial charge in [0.15, 0.2) is 5.67 Å². The molecule has 0 aliphatic carbocycles. The normalized spacial score (nSPS) is 20.2. The maximum absolute atomic E-state index is 15.1. The van der Waals surface area contributed by atoms with Crippen LogP contribution in [0.1, 0.15) is 64.8 Å². The van der Waals surface area contributed by atoms with Crippen molar-refractivity contribution in [2.24, 2.45) is 0 Å². The van der Waals surface area contributed by atoms with E-state index in [4.69, 9.17) is 49.5 Å². The minimum Gasteiger partial charge on any atom is -0.494 e. The summed E-state index contributed by atoms with van der Waals surface area (Å²) in [4.78, 5) is 0. The summed E-state index contributed by atoms with van der Waals surface area (Å²) in [6.07, 6.45) is -2.02. The van der Waals surface area contributed by atoms with Crippen LogP contribution in [0.2, 0.25) is 5.02 Å². The highest BCUT2D eigenvalue weighted by Gasteiger charge is 2.50. The molecule has 0 radical (unpaired) electrons. The highest BCUT2D eigenvalue weighted by atomic mass is 35.5. The van der Waals surface area contributed by atoms with E-state index >= 15 is 4.39 Å². The van der Waals surface area contributed by atoms with E-state index in [1.165, 1.54) is 0 Å². The molecule has 0 aromatic heterocycles. The highest BCUT2D eigenvalue weighted by Crippen LogP contribution is 2.44. The van der Waals surface area contributed by atoms with Crippen LogP contribution < -0.4 is 9.47 Å². The van der Waals surface area contributed by atoms with Crippen LogP contribution in [0.5, 0.6) is 11.5 Å². The number of hydrogen-bond donors (Lipinski definition) is 0. The summed E-state index contributed by atoms with van der Waals surface area (Å²) < 4.78 is 67.5. The van der Waals surface area contributed by atoms with Crippen LogP contribution in [0.4, 0.5) is 4.39 Å². The Balaban J connectivity index is 1.20. The van der Waals surface area contributed by atoms with Crippen LogP contribution in [0, 0.1) is 0 Å². The quantitative estimate of drug-likeness (QED) is 0.0589. The van der Waals surface area contributed by atoms with Gasteiger partial charge in [0.25, 0.3) is 0 Å². The molecule has 0 amide bonds. The van der Waals surface area contributed by atoms with Gasteiger partial charge in [0.1, 0.15) is 42.0 Å². The molecule has 65 heavy (non-hydrogen) atoms. The first-order chi connectivity index (χ1) is 31.9. The van der Waals surface area contributed by atoms with Crippen LogP contribution in [-0.4, -0.2) is 63.1 Å². The molecular weight excluding hydrogens is 843 g/mol. The second-order valence-electron chi connectivity index (χ2n) is 16.7. The van der Waals surface area contributed by atoms with Gasteiger partial charge >= 0.3 is 0 Å². The number of ether oxygens (including phenoxy) is 8. The molecule has 10 heteroatoms. The standard InChI is InChI=1S/C55H58ClFO8/c1-2-60-46-26-24-40(25-27-46)30-45-31-47(49(32-48(45)56)61-29-15-28-55(57)38-59-39-55)51-53(63-35-43-20-11-5-12-21-43)54(64-36-44-22-13-6-14-23-44)52(62-34-42-18-9-4-10-19-42)50(65-51)37-58-33-41-16-7-3-8-17-41/h3-14,16-27,31-32,50-54H,2,15,28-30,33-39H2,1H3/t50-,51+,52-,53+,54+/m1/s1. The Bertz CT molecular complexity index is 2320. The molecule has 0 bridgehead atoms. The minimum atomic E-state index is -1.33. The van der Waals surface area contributed by atoms with Gasteiger partial charge in [0.2, 0.25) is 0 Å². The van der Waals surface area contributed by atoms with Gasteiger partial charge in [-0.25, -0.2) is 4.39 Å². The van der Waals surface area contributed by atoms with E-state index in [9.17, 15) is 0 Å². The third-order valence-electron chi connectivity index (χ3n) is 11.7. The van der Waals surface area contributed by atoms with Crippen LogP contribution >= 0.6 is 11.6 Å². The van der Waals surface area contributed by atoms with E-state index in [1.54, 1.807) is 0 Å². The highest BCUT2D eigenvalue weighted by molar-refractivity contribution is 6.31. The molecule has 2 fully saturated rings. The fourth-order valence-electron chi connectivity index (χ4n) is 8.27. The topological polar surface area (TPSA) is 73.8 Å². The lowest BCUT2D eigenvalue weighted by atomic mass is 9.88. The predicted octanol–water partition coefficient (Wildman–Crippen LogP) is 11.6. The second kappa shape index (κ2) is 23.4. The number of rotatable bonds is 23. The Kier molecular flexibility index (Phi) is 16.7. The van der Waals surface area contributed by atoms with Crippen LogP contribution in [0.3, 0.4) is 0 Å². The van der Waals surface area contributed by atoms with Crippen molar-refractivity contribution in [1.29, 1.82) is 0 Å². The van der Waals surface area contributed by atoms with Crippen molar-refractivity contribution in [1.82, 2.24) is 0 Å². The molecule has 5 atom stereocenters. The lowest BCUT2D eigenvalue weighted by Gasteiger charge is -2.46. The van der Waals surface area contributed by atoms with Crippen molar-refractivity contribution in [3.8, 4) is 11.5 Å². The van der Waals surface area contributed by atoms with Crippen molar-refractivity contribution in [3.05, 3.63) is 202 Å². The summed E-state index contributed by atoms with van der Waals surface area (Å²) in [7, 11) is 0. The Morgan fingerprint density at radius 2 is 1.15 bits per heavy atom. The number of halogens is 2. The maximum atomic E-state index is 15.1. The zero-order chi connectivity index (χ0) is 44.7. The average Bonchev–Trinajstić information content (AvgIpc) is 3.33. The van der Waals surface area contributed by atoms with Gasteiger partial charge in [-0.15, -0.1) is 0 Å². The molecule has 0 N–H and O–H groups in total. The molecular formula is C55H58ClFO8. The van der Waals surface area contributed by atoms with E-state index in [2.05, 4.69) is 6.07 Å². The van der Waals surface area contributed by atoms with Gasteiger partial charge in [-0.2, -0.15) is 0 Å².